The lowest BCUT2D eigenvalue weighted by Gasteiger charge is -2.28. The van der Waals surface area contributed by atoms with Crippen molar-refractivity contribution in [3.05, 3.63) is 71.3 Å². The average Bonchev–Trinajstić information content (AvgIpc) is 2.82. The highest BCUT2D eigenvalue weighted by Crippen LogP contribution is 2.31. The van der Waals surface area contributed by atoms with Crippen molar-refractivity contribution in [2.24, 2.45) is 11.8 Å². The Morgan fingerprint density at radius 2 is 1.75 bits per heavy atom. The fourth-order valence-electron chi connectivity index (χ4n) is 4.31. The molecule has 1 aromatic carbocycles. The second-order valence-corrected chi connectivity index (χ2v) is 8.33. The van der Waals surface area contributed by atoms with Crippen molar-refractivity contribution in [1.29, 1.82) is 0 Å². The third kappa shape index (κ3) is 5.48. The highest BCUT2D eigenvalue weighted by Gasteiger charge is 2.23. The van der Waals surface area contributed by atoms with Gasteiger partial charge in [0.25, 0.3) is 5.56 Å². The van der Waals surface area contributed by atoms with Crippen LogP contribution < -0.4 is 5.56 Å². The Kier molecular flexibility index (Phi) is 7.07. The molecule has 0 radical (unpaired) electrons. The molecule has 4 rings (SSSR count). The van der Waals surface area contributed by atoms with Gasteiger partial charge in [0.05, 0.1) is 6.61 Å². The van der Waals surface area contributed by atoms with Crippen LogP contribution in [0.3, 0.4) is 0 Å². The van der Waals surface area contributed by atoms with Crippen LogP contribution in [-0.4, -0.2) is 39.1 Å². The van der Waals surface area contributed by atoms with Crippen LogP contribution in [0.4, 0.5) is 0 Å². The van der Waals surface area contributed by atoms with E-state index in [0.29, 0.717) is 25.0 Å². The number of hydrogen-bond acceptors (Lipinski definition) is 5. The van der Waals surface area contributed by atoms with E-state index in [2.05, 4.69) is 4.98 Å². The van der Waals surface area contributed by atoms with Crippen LogP contribution in [0.25, 0.3) is 22.4 Å². The predicted octanol–water partition coefficient (Wildman–Crippen LogP) is 3.88. The van der Waals surface area contributed by atoms with Gasteiger partial charge in [-0.1, -0.05) is 30.3 Å². The smallest absolute Gasteiger partial charge is 0.329 e. The minimum Gasteiger partial charge on any atom is -0.480 e. The van der Waals surface area contributed by atoms with E-state index >= 15 is 0 Å². The van der Waals surface area contributed by atoms with Gasteiger partial charge in [0.15, 0.2) is 0 Å². The average molecular weight is 434 g/mol. The van der Waals surface area contributed by atoms with E-state index < -0.39 is 5.97 Å². The second-order valence-electron chi connectivity index (χ2n) is 8.33. The van der Waals surface area contributed by atoms with Gasteiger partial charge in [0.2, 0.25) is 0 Å². The highest BCUT2D eigenvalue weighted by molar-refractivity contribution is 5.79. The molecule has 1 aliphatic rings. The van der Waals surface area contributed by atoms with Crippen LogP contribution in [0.5, 0.6) is 0 Å². The zero-order valence-electron chi connectivity index (χ0n) is 17.9. The van der Waals surface area contributed by atoms with Gasteiger partial charge >= 0.3 is 5.97 Å². The number of nitrogens with zero attached hydrogens (tertiary/aromatic N) is 3. The topological polar surface area (TPSA) is 94.3 Å². The lowest BCUT2D eigenvalue weighted by Crippen LogP contribution is -2.29. The molecule has 3 aromatic rings. The Labute approximate surface area is 186 Å². The summed E-state index contributed by atoms with van der Waals surface area (Å²) < 4.78 is 6.84. The second kappa shape index (κ2) is 10.3. The summed E-state index contributed by atoms with van der Waals surface area (Å²) in [6, 6.07) is 15.3. The number of rotatable bonds is 8. The molecule has 1 N–H and O–H groups in total. The van der Waals surface area contributed by atoms with E-state index in [1.165, 1.54) is 0 Å². The first-order valence-electron chi connectivity index (χ1n) is 11.0. The summed E-state index contributed by atoms with van der Waals surface area (Å²) in [5, 5.41) is 13.5. The summed E-state index contributed by atoms with van der Waals surface area (Å²) in [7, 11) is 0. The zero-order valence-corrected chi connectivity index (χ0v) is 17.9. The van der Waals surface area contributed by atoms with Gasteiger partial charge < -0.3 is 9.84 Å². The lowest BCUT2D eigenvalue weighted by molar-refractivity contribution is -0.142. The number of carbonyl (C=O) groups is 1. The number of aromatic nitrogens is 3. The fraction of sp³-hybridized carbons (Fsp3) is 0.360. The lowest BCUT2D eigenvalue weighted by atomic mass is 9.82. The molecule has 1 saturated carbocycles. The summed E-state index contributed by atoms with van der Waals surface area (Å²) >= 11 is 0. The first kappa shape index (κ1) is 21.9. The predicted molar refractivity (Wildman–Crippen MR) is 121 cm³/mol. The Hall–Kier alpha value is -3.32. The van der Waals surface area contributed by atoms with Crippen molar-refractivity contribution < 1.29 is 14.6 Å². The van der Waals surface area contributed by atoms with Gasteiger partial charge in [0.1, 0.15) is 12.3 Å². The molecule has 7 heteroatoms. The molecule has 32 heavy (non-hydrogen) atoms. The number of carboxylic acid groups (broad SMARTS) is 1. The first-order chi connectivity index (χ1) is 15.6. The first-order valence-corrected chi connectivity index (χ1v) is 11.0. The number of pyridine rings is 1. The van der Waals surface area contributed by atoms with Crippen LogP contribution >= 0.6 is 0 Å². The van der Waals surface area contributed by atoms with Gasteiger partial charge in [-0.3, -0.25) is 9.78 Å². The number of aliphatic carboxylic acids is 1. The summed E-state index contributed by atoms with van der Waals surface area (Å²) in [5.41, 5.74) is 3.27. The quantitative estimate of drug-likeness (QED) is 0.579. The summed E-state index contributed by atoms with van der Waals surface area (Å²) in [4.78, 5) is 27.8. The largest absolute Gasteiger partial charge is 0.480 e. The van der Waals surface area contributed by atoms with E-state index in [-0.39, 0.29) is 12.2 Å². The molecule has 0 aliphatic heterocycles. The third-order valence-electron chi connectivity index (χ3n) is 5.99. The van der Waals surface area contributed by atoms with Gasteiger partial charge in [-0.15, -0.1) is 0 Å². The molecule has 166 valence electrons. The molecule has 2 aromatic heterocycles. The standard InChI is InChI=1S/C25H27N3O4/c29-23-13-22(20-5-2-1-3-6-20)25(21-7-4-12-26-14-21)27-28(23)15-18-8-10-19(11-9-18)16-32-17-24(30)31/h1-7,12-14,18-19H,8-11,15-17H2,(H,30,31)/t18-,19-. The molecule has 0 bridgehead atoms. The van der Waals surface area contributed by atoms with Crippen LogP contribution in [0.2, 0.25) is 0 Å². The Morgan fingerprint density at radius 1 is 1.03 bits per heavy atom. The van der Waals surface area contributed by atoms with E-state index in [1.807, 2.05) is 42.5 Å². The van der Waals surface area contributed by atoms with Crippen molar-refractivity contribution in [2.45, 2.75) is 32.2 Å². The van der Waals surface area contributed by atoms with E-state index in [1.54, 1.807) is 23.1 Å². The molecule has 2 heterocycles. The molecule has 1 fully saturated rings. The maximum atomic E-state index is 12.9. The van der Waals surface area contributed by atoms with Gasteiger partial charge in [0, 0.05) is 36.1 Å². The Bertz CT molecular complexity index is 1090. The minimum atomic E-state index is -0.937. The van der Waals surface area contributed by atoms with Gasteiger partial charge in [-0.25, -0.2) is 9.48 Å². The summed E-state index contributed by atoms with van der Waals surface area (Å²) in [6.45, 7) is 0.808. The van der Waals surface area contributed by atoms with Crippen molar-refractivity contribution in [3.8, 4) is 22.4 Å². The van der Waals surface area contributed by atoms with Crippen molar-refractivity contribution >= 4 is 5.97 Å². The van der Waals surface area contributed by atoms with Crippen molar-refractivity contribution in [2.75, 3.05) is 13.2 Å². The Balaban J connectivity index is 1.52. The molecule has 1 aliphatic carbocycles. The molecule has 0 atom stereocenters. The van der Waals surface area contributed by atoms with E-state index in [9.17, 15) is 9.59 Å². The van der Waals surface area contributed by atoms with Crippen LogP contribution in [-0.2, 0) is 16.1 Å². The van der Waals surface area contributed by atoms with Crippen LogP contribution in [0.1, 0.15) is 25.7 Å². The highest BCUT2D eigenvalue weighted by atomic mass is 16.5. The monoisotopic (exact) mass is 433 g/mol. The number of ether oxygens (including phenoxy) is 1. The maximum Gasteiger partial charge on any atom is 0.329 e. The van der Waals surface area contributed by atoms with Gasteiger partial charge in [-0.2, -0.15) is 5.10 Å². The number of benzene rings is 1. The summed E-state index contributed by atoms with van der Waals surface area (Å²) in [6.07, 6.45) is 7.37. The Morgan fingerprint density at radius 3 is 2.44 bits per heavy atom. The molecule has 0 spiro atoms. The van der Waals surface area contributed by atoms with Crippen molar-refractivity contribution in [3.63, 3.8) is 0 Å². The van der Waals surface area contributed by atoms with E-state index in [4.69, 9.17) is 14.9 Å². The normalized spacial score (nSPS) is 18.4. The minimum absolute atomic E-state index is 0.108. The number of hydrogen-bond donors (Lipinski definition) is 1. The van der Waals surface area contributed by atoms with Crippen molar-refractivity contribution in [1.82, 2.24) is 14.8 Å². The number of carboxylic acids is 1. The molecular formula is C25H27N3O4. The SMILES string of the molecule is O=C(O)COC[C@H]1CC[C@H](Cn2nc(-c3cccnc3)c(-c3ccccc3)cc2=O)CC1. The summed E-state index contributed by atoms with van der Waals surface area (Å²) in [5.74, 6) is -0.200. The molecule has 0 unspecified atom stereocenters. The molecule has 7 nitrogen and oxygen atoms in total. The van der Waals surface area contributed by atoms with Crippen LogP contribution in [0, 0.1) is 11.8 Å². The maximum absolute atomic E-state index is 12.9. The fourth-order valence-corrected chi connectivity index (χ4v) is 4.31. The molecule has 0 saturated heterocycles. The molecular weight excluding hydrogens is 406 g/mol. The molecule has 0 amide bonds. The van der Waals surface area contributed by atoms with E-state index in [0.717, 1.165) is 48.1 Å². The third-order valence-corrected chi connectivity index (χ3v) is 5.99. The zero-order chi connectivity index (χ0) is 22.3. The van der Waals surface area contributed by atoms with Gasteiger partial charge in [-0.05, 0) is 55.2 Å². The van der Waals surface area contributed by atoms with Crippen LogP contribution in [0.15, 0.2) is 65.7 Å².